The quantitative estimate of drug-likeness (QED) is 0.569. The summed E-state index contributed by atoms with van der Waals surface area (Å²) in [5.74, 6) is 0. The van der Waals surface area contributed by atoms with Crippen LogP contribution in [-0.4, -0.2) is 15.7 Å². The van der Waals surface area contributed by atoms with E-state index in [0.29, 0.717) is 5.37 Å². The van der Waals surface area contributed by atoms with Crippen LogP contribution in [0.15, 0.2) is 35.7 Å². The number of hydrogen-bond donors (Lipinski definition) is 0. The Hall–Kier alpha value is -0.910. The molecule has 4 radical (unpaired) electrons. The van der Waals surface area contributed by atoms with Gasteiger partial charge in [0.25, 0.3) is 0 Å². The van der Waals surface area contributed by atoms with E-state index in [2.05, 4.69) is 0 Å². The summed E-state index contributed by atoms with van der Waals surface area (Å²) in [5, 5.41) is 0.420. The van der Waals surface area contributed by atoms with Crippen LogP contribution in [0.3, 0.4) is 0 Å². The smallest absolute Gasteiger partial charge is 0.0927 e. The van der Waals surface area contributed by atoms with Crippen LogP contribution < -0.4 is 0 Å². The van der Waals surface area contributed by atoms with Gasteiger partial charge in [-0.1, -0.05) is 42.8 Å². The van der Waals surface area contributed by atoms with Crippen molar-refractivity contribution >= 4 is 21.3 Å². The van der Waals surface area contributed by atoms with Crippen LogP contribution in [0.2, 0.25) is 0 Å². The van der Waals surface area contributed by atoms with Crippen LogP contribution >= 0.6 is 0 Å². The zero-order chi connectivity index (χ0) is 8.97. The van der Waals surface area contributed by atoms with E-state index in [4.69, 9.17) is 15.7 Å². The van der Waals surface area contributed by atoms with Gasteiger partial charge in [-0.3, -0.25) is 0 Å². The minimum atomic E-state index is 0.420. The predicted molar refractivity (Wildman–Crippen MR) is 55.2 cm³/mol. The number of allylic oxidation sites excluding steroid dienone is 1. The molecule has 0 aromatic heterocycles. The summed E-state index contributed by atoms with van der Waals surface area (Å²) in [4.78, 5) is 0. The van der Waals surface area contributed by atoms with Gasteiger partial charge in [-0.15, -0.1) is 0 Å². The lowest BCUT2D eigenvalue weighted by Crippen LogP contribution is -1.90. The monoisotopic (exact) mass is 152 g/mol. The first-order valence-corrected chi connectivity index (χ1v) is 4.05. The van der Waals surface area contributed by atoms with Crippen LogP contribution in [0.25, 0.3) is 5.57 Å². The van der Waals surface area contributed by atoms with Gasteiger partial charge in [0, 0.05) is 0 Å². The molecule has 1 aromatic rings. The third kappa shape index (κ3) is 2.04. The Morgan fingerprint density at radius 1 is 1.17 bits per heavy atom. The highest BCUT2D eigenvalue weighted by Gasteiger charge is 1.97. The molecular formula is C10H10B2. The molecule has 0 bridgehead atoms. The predicted octanol–water partition coefficient (Wildman–Crippen LogP) is 2.10. The molecular weight excluding hydrogens is 142 g/mol. The molecule has 0 spiro atoms. The maximum Gasteiger partial charge on any atom is 0.0927 e. The van der Waals surface area contributed by atoms with Crippen molar-refractivity contribution in [2.45, 2.75) is 13.3 Å². The minimum absolute atomic E-state index is 0.420. The molecule has 0 N–H and O–H groups in total. The fourth-order valence-corrected chi connectivity index (χ4v) is 1.21. The third-order valence-corrected chi connectivity index (χ3v) is 1.82. The molecule has 0 amide bonds. The summed E-state index contributed by atoms with van der Waals surface area (Å²) >= 11 is 0. The van der Waals surface area contributed by atoms with Gasteiger partial charge in [0.1, 0.15) is 0 Å². The van der Waals surface area contributed by atoms with E-state index < -0.39 is 0 Å². The first kappa shape index (κ1) is 9.18. The van der Waals surface area contributed by atoms with Gasteiger partial charge >= 0.3 is 0 Å². The number of rotatable bonds is 2. The molecule has 0 saturated heterocycles. The van der Waals surface area contributed by atoms with Gasteiger partial charge < -0.3 is 0 Å². The van der Waals surface area contributed by atoms with Gasteiger partial charge in [-0.05, 0) is 12.0 Å². The largest absolute Gasteiger partial charge is 0.157 e. The van der Waals surface area contributed by atoms with Gasteiger partial charge in [-0.2, -0.15) is 5.37 Å². The highest BCUT2D eigenvalue weighted by atomic mass is 14.0. The second-order valence-electron chi connectivity index (χ2n) is 2.65. The summed E-state index contributed by atoms with van der Waals surface area (Å²) in [6.07, 6.45) is 0.867. The maximum atomic E-state index is 5.54. The molecule has 0 aliphatic heterocycles. The minimum Gasteiger partial charge on any atom is -0.157 e. The Balaban J connectivity index is 3.05. The summed E-state index contributed by atoms with van der Waals surface area (Å²) < 4.78 is 0. The van der Waals surface area contributed by atoms with E-state index in [0.717, 1.165) is 17.6 Å². The zero-order valence-electron chi connectivity index (χ0n) is 7.25. The summed E-state index contributed by atoms with van der Waals surface area (Å²) in [7, 11) is 11.1. The van der Waals surface area contributed by atoms with E-state index in [9.17, 15) is 0 Å². The number of benzene rings is 1. The Kier molecular flexibility index (Phi) is 3.21. The highest BCUT2D eigenvalue weighted by Crippen LogP contribution is 2.18. The highest BCUT2D eigenvalue weighted by molar-refractivity contribution is 6.51. The van der Waals surface area contributed by atoms with Crippen molar-refractivity contribution in [2.24, 2.45) is 0 Å². The van der Waals surface area contributed by atoms with Gasteiger partial charge in [0.15, 0.2) is 0 Å². The standard InChI is InChI=1S/C10H10B2/c1-2-9(10(11)12)8-6-4-3-5-7-8/h3-7H,2H2,1H3. The van der Waals surface area contributed by atoms with Crippen molar-refractivity contribution in [2.75, 3.05) is 0 Å². The summed E-state index contributed by atoms with van der Waals surface area (Å²) in [5.41, 5.74) is 2.13. The molecule has 2 heteroatoms. The van der Waals surface area contributed by atoms with Crippen molar-refractivity contribution < 1.29 is 0 Å². The van der Waals surface area contributed by atoms with E-state index >= 15 is 0 Å². The van der Waals surface area contributed by atoms with Crippen LogP contribution in [0.4, 0.5) is 0 Å². The molecule has 12 heavy (non-hydrogen) atoms. The lowest BCUT2D eigenvalue weighted by atomic mass is 9.73. The van der Waals surface area contributed by atoms with Gasteiger partial charge in [0.05, 0.1) is 15.7 Å². The van der Waals surface area contributed by atoms with Gasteiger partial charge in [0.2, 0.25) is 0 Å². The Labute approximate surface area is 76.5 Å². The molecule has 1 aromatic carbocycles. The van der Waals surface area contributed by atoms with Crippen molar-refractivity contribution in [3.05, 3.63) is 41.3 Å². The fraction of sp³-hybridized carbons (Fsp3) is 0.200. The Morgan fingerprint density at radius 3 is 2.17 bits per heavy atom. The Morgan fingerprint density at radius 2 is 1.75 bits per heavy atom. The molecule has 0 atom stereocenters. The molecule has 56 valence electrons. The fourth-order valence-electron chi connectivity index (χ4n) is 1.21. The Bertz CT molecular complexity index is 271. The van der Waals surface area contributed by atoms with Crippen LogP contribution in [-0.2, 0) is 0 Å². The average molecular weight is 152 g/mol. The molecule has 1 rings (SSSR count). The van der Waals surface area contributed by atoms with Crippen molar-refractivity contribution in [1.29, 1.82) is 0 Å². The first-order chi connectivity index (χ1) is 5.75. The van der Waals surface area contributed by atoms with Crippen molar-refractivity contribution in [3.63, 3.8) is 0 Å². The van der Waals surface area contributed by atoms with E-state index in [-0.39, 0.29) is 0 Å². The molecule has 0 heterocycles. The SMILES string of the molecule is [B]C([B])=C(CC)c1ccccc1. The molecule has 0 aliphatic carbocycles. The summed E-state index contributed by atoms with van der Waals surface area (Å²) in [6.45, 7) is 2.04. The van der Waals surface area contributed by atoms with Crippen LogP contribution in [0.5, 0.6) is 0 Å². The summed E-state index contributed by atoms with van der Waals surface area (Å²) in [6, 6.07) is 9.96. The first-order valence-electron chi connectivity index (χ1n) is 4.05. The molecule has 0 saturated carbocycles. The van der Waals surface area contributed by atoms with Crippen LogP contribution in [0, 0.1) is 0 Å². The van der Waals surface area contributed by atoms with E-state index in [1.807, 2.05) is 37.3 Å². The van der Waals surface area contributed by atoms with E-state index in [1.54, 1.807) is 0 Å². The second kappa shape index (κ2) is 4.20. The lowest BCUT2D eigenvalue weighted by Gasteiger charge is -2.07. The van der Waals surface area contributed by atoms with Gasteiger partial charge in [-0.25, -0.2) is 0 Å². The molecule has 0 aliphatic rings. The second-order valence-corrected chi connectivity index (χ2v) is 2.65. The molecule has 0 nitrogen and oxygen atoms in total. The zero-order valence-corrected chi connectivity index (χ0v) is 7.25. The third-order valence-electron chi connectivity index (χ3n) is 1.82. The van der Waals surface area contributed by atoms with Crippen molar-refractivity contribution in [1.82, 2.24) is 0 Å². The molecule has 0 fully saturated rings. The number of hydrogen-bond acceptors (Lipinski definition) is 0. The lowest BCUT2D eigenvalue weighted by molar-refractivity contribution is 1.24. The average Bonchev–Trinajstić information content (AvgIpc) is 2.07. The normalized spacial score (nSPS) is 9.42. The topological polar surface area (TPSA) is 0 Å². The maximum absolute atomic E-state index is 5.54. The van der Waals surface area contributed by atoms with E-state index in [1.165, 1.54) is 0 Å². The van der Waals surface area contributed by atoms with Crippen LogP contribution in [0.1, 0.15) is 18.9 Å². The molecule has 0 unspecified atom stereocenters. The van der Waals surface area contributed by atoms with Crippen molar-refractivity contribution in [3.8, 4) is 0 Å².